The van der Waals surface area contributed by atoms with E-state index >= 15 is 0 Å². The molecule has 0 aromatic heterocycles. The highest BCUT2D eigenvalue weighted by atomic mass is 35.5. The third-order valence-electron chi connectivity index (χ3n) is 5.24. The Morgan fingerprint density at radius 1 is 1.26 bits per heavy atom. The van der Waals surface area contributed by atoms with Crippen LogP contribution in [0.4, 0.5) is 5.69 Å². The average Bonchev–Trinajstić information content (AvgIpc) is 2.59. The number of piperidine rings is 1. The van der Waals surface area contributed by atoms with E-state index < -0.39 is 10.0 Å². The van der Waals surface area contributed by atoms with E-state index in [0.29, 0.717) is 24.8 Å². The molecule has 2 N–H and O–H groups in total. The number of benzene rings is 1. The zero-order valence-corrected chi connectivity index (χ0v) is 18.5. The third kappa shape index (κ3) is 5.44. The molecular weight excluding hydrogens is 386 g/mol. The van der Waals surface area contributed by atoms with Crippen molar-refractivity contribution in [2.45, 2.75) is 58.4 Å². The predicted octanol–water partition coefficient (Wildman–Crippen LogP) is 3.08. The Kier molecular flexibility index (Phi) is 8.73. The van der Waals surface area contributed by atoms with Gasteiger partial charge in [-0.1, -0.05) is 13.8 Å². The normalized spacial score (nSPS) is 20.2. The molecule has 1 fully saturated rings. The van der Waals surface area contributed by atoms with Crippen molar-refractivity contribution in [3.05, 3.63) is 23.3 Å². The zero-order chi connectivity index (χ0) is 19.5. The SMILES string of the molecule is CCN(CC)S(=O)(=O)c1cc(C)c(C)c(NC(=O)[C@H]2CCN[C@@H](C)C2)c1.Cl. The molecule has 1 aromatic carbocycles. The van der Waals surface area contributed by atoms with E-state index in [1.165, 1.54) is 4.31 Å². The first-order valence-corrected chi connectivity index (χ1v) is 10.8. The van der Waals surface area contributed by atoms with Crippen molar-refractivity contribution < 1.29 is 13.2 Å². The first-order valence-electron chi connectivity index (χ1n) is 9.36. The number of hydrogen-bond acceptors (Lipinski definition) is 4. The zero-order valence-electron chi connectivity index (χ0n) is 16.8. The fraction of sp³-hybridized carbons (Fsp3) is 0.632. The number of aryl methyl sites for hydroxylation is 1. The predicted molar refractivity (Wildman–Crippen MR) is 112 cm³/mol. The Balaban J connectivity index is 0.00000364. The lowest BCUT2D eigenvalue weighted by molar-refractivity contribution is -0.120. The molecule has 0 saturated carbocycles. The maximum atomic E-state index is 12.8. The van der Waals surface area contributed by atoms with Gasteiger partial charge in [0.2, 0.25) is 15.9 Å². The molecule has 1 aromatic rings. The van der Waals surface area contributed by atoms with E-state index in [2.05, 4.69) is 17.6 Å². The van der Waals surface area contributed by atoms with Crippen LogP contribution in [0.5, 0.6) is 0 Å². The summed E-state index contributed by atoms with van der Waals surface area (Å²) in [5.74, 6) is -0.0766. The fourth-order valence-corrected chi connectivity index (χ4v) is 4.99. The molecule has 0 bridgehead atoms. The van der Waals surface area contributed by atoms with E-state index in [1.807, 2.05) is 27.7 Å². The highest BCUT2D eigenvalue weighted by Gasteiger charge is 2.27. The standard InChI is InChI=1S/C19H31N3O3S.ClH/c1-6-22(7-2)26(24,25)17-10-13(3)15(5)18(12-17)21-19(23)16-8-9-20-14(4)11-16;/h10,12,14,16,20H,6-9,11H2,1-5H3,(H,21,23);1H/t14-,16-;/m0./s1. The van der Waals surface area contributed by atoms with Crippen LogP contribution in [0.2, 0.25) is 0 Å². The van der Waals surface area contributed by atoms with E-state index in [4.69, 9.17) is 0 Å². The number of sulfonamides is 1. The summed E-state index contributed by atoms with van der Waals surface area (Å²) in [4.78, 5) is 12.9. The average molecular weight is 418 g/mol. The van der Waals surface area contributed by atoms with Crippen molar-refractivity contribution in [3.8, 4) is 0 Å². The Bertz CT molecular complexity index is 764. The van der Waals surface area contributed by atoms with E-state index in [9.17, 15) is 13.2 Å². The number of nitrogens with zero attached hydrogens (tertiary/aromatic N) is 1. The summed E-state index contributed by atoms with van der Waals surface area (Å²) in [6.07, 6.45) is 1.59. The van der Waals surface area contributed by atoms with Crippen LogP contribution in [-0.2, 0) is 14.8 Å². The van der Waals surface area contributed by atoms with Gasteiger partial charge in [-0.25, -0.2) is 8.42 Å². The van der Waals surface area contributed by atoms with Crippen LogP contribution in [0.3, 0.4) is 0 Å². The van der Waals surface area contributed by atoms with Crippen LogP contribution in [0.25, 0.3) is 0 Å². The van der Waals surface area contributed by atoms with Crippen molar-refractivity contribution >= 4 is 34.0 Å². The molecule has 1 amide bonds. The van der Waals surface area contributed by atoms with E-state index in [1.54, 1.807) is 12.1 Å². The van der Waals surface area contributed by atoms with Gasteiger partial charge in [-0.05, 0) is 63.4 Å². The van der Waals surface area contributed by atoms with Gasteiger partial charge < -0.3 is 10.6 Å². The molecule has 0 spiro atoms. The molecular formula is C19H32ClN3O3S. The Labute approximate surface area is 169 Å². The summed E-state index contributed by atoms with van der Waals surface area (Å²) < 4.78 is 27.1. The van der Waals surface area contributed by atoms with Gasteiger partial charge in [-0.15, -0.1) is 12.4 Å². The van der Waals surface area contributed by atoms with Crippen molar-refractivity contribution in [2.75, 3.05) is 25.0 Å². The molecule has 0 radical (unpaired) electrons. The monoisotopic (exact) mass is 417 g/mol. The topological polar surface area (TPSA) is 78.5 Å². The maximum Gasteiger partial charge on any atom is 0.243 e. The molecule has 1 heterocycles. The molecule has 154 valence electrons. The number of nitrogens with one attached hydrogen (secondary N) is 2. The largest absolute Gasteiger partial charge is 0.326 e. The molecule has 6 nitrogen and oxygen atoms in total. The third-order valence-corrected chi connectivity index (χ3v) is 7.26. The van der Waals surface area contributed by atoms with Crippen LogP contribution < -0.4 is 10.6 Å². The second-order valence-corrected chi connectivity index (χ2v) is 9.01. The lowest BCUT2D eigenvalue weighted by Crippen LogP contribution is -2.40. The molecule has 1 aliphatic heterocycles. The van der Waals surface area contributed by atoms with E-state index in [0.717, 1.165) is 30.5 Å². The molecule has 8 heteroatoms. The van der Waals surface area contributed by atoms with Crippen LogP contribution in [0, 0.1) is 19.8 Å². The van der Waals surface area contributed by atoms with Crippen molar-refractivity contribution in [1.82, 2.24) is 9.62 Å². The Hall–Kier alpha value is -1.15. The van der Waals surface area contributed by atoms with Crippen LogP contribution >= 0.6 is 12.4 Å². The summed E-state index contributed by atoms with van der Waals surface area (Å²) in [5.41, 5.74) is 2.35. The Morgan fingerprint density at radius 3 is 2.44 bits per heavy atom. The second-order valence-electron chi connectivity index (χ2n) is 7.07. The van der Waals surface area contributed by atoms with Gasteiger partial charge in [-0.3, -0.25) is 4.79 Å². The maximum absolute atomic E-state index is 12.8. The number of hydrogen-bond donors (Lipinski definition) is 2. The van der Waals surface area contributed by atoms with Crippen molar-refractivity contribution in [2.24, 2.45) is 5.92 Å². The van der Waals surface area contributed by atoms with E-state index in [-0.39, 0.29) is 29.1 Å². The lowest BCUT2D eigenvalue weighted by Gasteiger charge is -2.27. The second kappa shape index (κ2) is 9.87. The number of amides is 1. The lowest BCUT2D eigenvalue weighted by atomic mass is 9.92. The number of carbonyl (C=O) groups excluding carboxylic acids is 1. The molecule has 1 saturated heterocycles. The summed E-state index contributed by atoms with van der Waals surface area (Å²) in [6.45, 7) is 11.2. The minimum Gasteiger partial charge on any atom is -0.326 e. The number of halogens is 1. The van der Waals surface area contributed by atoms with Crippen LogP contribution in [0.15, 0.2) is 17.0 Å². The molecule has 27 heavy (non-hydrogen) atoms. The fourth-order valence-electron chi connectivity index (χ4n) is 3.42. The van der Waals surface area contributed by atoms with Gasteiger partial charge in [0.05, 0.1) is 4.90 Å². The highest BCUT2D eigenvalue weighted by Crippen LogP contribution is 2.27. The molecule has 0 aliphatic carbocycles. The van der Waals surface area contributed by atoms with Crippen LogP contribution in [-0.4, -0.2) is 44.3 Å². The van der Waals surface area contributed by atoms with Gasteiger partial charge in [0.15, 0.2) is 0 Å². The van der Waals surface area contributed by atoms with Gasteiger partial charge in [0.1, 0.15) is 0 Å². The number of rotatable bonds is 6. The van der Waals surface area contributed by atoms with Crippen molar-refractivity contribution in [3.63, 3.8) is 0 Å². The number of anilines is 1. The highest BCUT2D eigenvalue weighted by molar-refractivity contribution is 7.89. The van der Waals surface area contributed by atoms with Gasteiger partial charge in [-0.2, -0.15) is 4.31 Å². The van der Waals surface area contributed by atoms with Gasteiger partial charge in [0, 0.05) is 30.7 Å². The molecule has 2 atom stereocenters. The minimum atomic E-state index is -3.56. The van der Waals surface area contributed by atoms with Gasteiger partial charge in [0.25, 0.3) is 0 Å². The van der Waals surface area contributed by atoms with Crippen LogP contribution in [0.1, 0.15) is 44.7 Å². The summed E-state index contributed by atoms with van der Waals surface area (Å²) in [6, 6.07) is 3.60. The summed E-state index contributed by atoms with van der Waals surface area (Å²) in [7, 11) is -3.56. The molecule has 0 unspecified atom stereocenters. The number of carbonyl (C=O) groups is 1. The summed E-state index contributed by atoms with van der Waals surface area (Å²) >= 11 is 0. The van der Waals surface area contributed by atoms with Gasteiger partial charge >= 0.3 is 0 Å². The molecule has 2 rings (SSSR count). The first-order chi connectivity index (χ1) is 12.2. The minimum absolute atomic E-state index is 0. The summed E-state index contributed by atoms with van der Waals surface area (Å²) in [5, 5.41) is 6.32. The van der Waals surface area contributed by atoms with Crippen molar-refractivity contribution in [1.29, 1.82) is 0 Å². The Morgan fingerprint density at radius 2 is 1.89 bits per heavy atom. The smallest absolute Gasteiger partial charge is 0.243 e. The molecule has 1 aliphatic rings. The quantitative estimate of drug-likeness (QED) is 0.745. The first kappa shape index (κ1) is 23.9.